The van der Waals surface area contributed by atoms with Crippen molar-refractivity contribution < 1.29 is 21.6 Å². The molecule has 28 heavy (non-hydrogen) atoms. The zero-order valence-electron chi connectivity index (χ0n) is 14.2. The second kappa shape index (κ2) is 7.98. The fraction of sp³-hybridized carbons (Fsp3) is 0.118. The topological polar surface area (TPSA) is 71.1 Å². The Morgan fingerprint density at radius 2 is 1.82 bits per heavy atom. The average Bonchev–Trinajstić information content (AvgIpc) is 3.11. The number of nitrogens with zero attached hydrogens (tertiary/aromatic N) is 1. The van der Waals surface area contributed by atoms with Crippen molar-refractivity contribution in [3.8, 4) is 0 Å². The van der Waals surface area contributed by atoms with Gasteiger partial charge in [-0.05, 0) is 31.2 Å². The lowest BCUT2D eigenvalue weighted by Gasteiger charge is -2.19. The number of aromatic nitrogens is 1. The van der Waals surface area contributed by atoms with Crippen molar-refractivity contribution >= 4 is 44.5 Å². The Morgan fingerprint density at radius 3 is 2.43 bits per heavy atom. The molecule has 11 heteroatoms. The minimum Gasteiger partial charge on any atom is -0.377 e. The molecule has 0 aliphatic rings. The number of benzene rings is 2. The molecule has 0 bridgehead atoms. The van der Waals surface area contributed by atoms with Gasteiger partial charge in [-0.1, -0.05) is 17.7 Å². The van der Waals surface area contributed by atoms with Crippen molar-refractivity contribution in [3.63, 3.8) is 0 Å². The van der Waals surface area contributed by atoms with Crippen LogP contribution in [0.4, 0.5) is 24.7 Å². The fourth-order valence-electron chi connectivity index (χ4n) is 2.54. The lowest BCUT2D eigenvalue weighted by molar-refractivity contribution is 0.544. The number of anilines is 2. The number of thiazole rings is 1. The molecule has 0 saturated heterocycles. The van der Waals surface area contributed by atoms with Gasteiger partial charge in [0.15, 0.2) is 11.6 Å². The zero-order chi connectivity index (χ0) is 20.5. The van der Waals surface area contributed by atoms with Gasteiger partial charge in [0.05, 0.1) is 17.2 Å². The molecule has 3 aromatic rings. The molecule has 5 nitrogen and oxygen atoms in total. The summed E-state index contributed by atoms with van der Waals surface area (Å²) in [6, 6.07) is 4.74. The molecular weight excluding hydrogens is 435 g/mol. The Kier molecular flexibility index (Phi) is 5.82. The summed E-state index contributed by atoms with van der Waals surface area (Å²) in [5.41, 5.74) is 1.15. The molecule has 0 aliphatic carbocycles. The molecule has 0 aliphatic heterocycles. The van der Waals surface area contributed by atoms with E-state index in [-0.39, 0.29) is 17.1 Å². The molecule has 0 fully saturated rings. The van der Waals surface area contributed by atoms with Crippen LogP contribution >= 0.6 is 22.9 Å². The van der Waals surface area contributed by atoms with Crippen LogP contribution in [0.5, 0.6) is 0 Å². The van der Waals surface area contributed by atoms with Crippen LogP contribution in [0, 0.1) is 17.5 Å². The van der Waals surface area contributed by atoms with Gasteiger partial charge < -0.3 is 5.32 Å². The maximum absolute atomic E-state index is 14.6. The van der Waals surface area contributed by atoms with Gasteiger partial charge in [-0.3, -0.25) is 4.72 Å². The maximum atomic E-state index is 14.6. The number of nitrogens with one attached hydrogen (secondary N) is 2. The minimum atomic E-state index is -4.26. The maximum Gasteiger partial charge on any atom is 0.266 e. The third-order valence-corrected chi connectivity index (χ3v) is 6.14. The molecule has 3 rings (SSSR count). The van der Waals surface area contributed by atoms with Crippen LogP contribution in [-0.2, 0) is 10.0 Å². The van der Waals surface area contributed by atoms with Gasteiger partial charge in [0.1, 0.15) is 21.6 Å². The summed E-state index contributed by atoms with van der Waals surface area (Å²) < 4.78 is 69.3. The first kappa shape index (κ1) is 20.4. The first-order valence-electron chi connectivity index (χ1n) is 7.80. The summed E-state index contributed by atoms with van der Waals surface area (Å²) in [4.78, 5) is 3.10. The summed E-state index contributed by atoms with van der Waals surface area (Å²) in [7, 11) is -4.26. The molecule has 0 unspecified atom stereocenters. The van der Waals surface area contributed by atoms with Gasteiger partial charge in [0.2, 0.25) is 0 Å². The summed E-state index contributed by atoms with van der Waals surface area (Å²) in [6.45, 7) is 1.46. The van der Waals surface area contributed by atoms with E-state index in [1.165, 1.54) is 29.9 Å². The Bertz CT molecular complexity index is 1090. The van der Waals surface area contributed by atoms with Crippen molar-refractivity contribution in [2.24, 2.45) is 0 Å². The van der Waals surface area contributed by atoms with Crippen molar-refractivity contribution in [1.29, 1.82) is 0 Å². The minimum absolute atomic E-state index is 0.0121. The van der Waals surface area contributed by atoms with E-state index in [1.807, 2.05) is 0 Å². The van der Waals surface area contributed by atoms with E-state index in [0.29, 0.717) is 0 Å². The van der Waals surface area contributed by atoms with E-state index >= 15 is 0 Å². The Balaban J connectivity index is 1.90. The van der Waals surface area contributed by atoms with E-state index in [9.17, 15) is 21.6 Å². The standard InChI is InChI=1S/C17H13ClF3N3O2S2/c1-9(15-10(19)3-2-4-11(15)20)23-12-5-6-13(17(21)16(12)18)28(25,26)24-14-7-27-8-22-14/h2-9,23-24H,1H3/t9-/m0/s1. The summed E-state index contributed by atoms with van der Waals surface area (Å²) in [5.74, 6) is -2.70. The van der Waals surface area contributed by atoms with Crippen LogP contribution in [0.2, 0.25) is 5.02 Å². The monoisotopic (exact) mass is 447 g/mol. The van der Waals surface area contributed by atoms with Gasteiger partial charge in [-0.15, -0.1) is 11.3 Å². The highest BCUT2D eigenvalue weighted by molar-refractivity contribution is 7.92. The zero-order valence-corrected chi connectivity index (χ0v) is 16.6. The Hall–Kier alpha value is -2.30. The van der Waals surface area contributed by atoms with E-state index in [1.54, 1.807) is 0 Å². The third-order valence-electron chi connectivity index (χ3n) is 3.81. The van der Waals surface area contributed by atoms with Gasteiger partial charge in [0.25, 0.3) is 10.0 Å². The van der Waals surface area contributed by atoms with Crippen molar-refractivity contribution in [2.45, 2.75) is 17.9 Å². The number of rotatable bonds is 6. The largest absolute Gasteiger partial charge is 0.377 e. The second-order valence-corrected chi connectivity index (χ2v) is 8.47. The average molecular weight is 448 g/mol. The predicted octanol–water partition coefficient (Wildman–Crippen LogP) is 5.19. The first-order chi connectivity index (χ1) is 13.2. The van der Waals surface area contributed by atoms with Crippen LogP contribution in [-0.4, -0.2) is 13.4 Å². The van der Waals surface area contributed by atoms with Crippen molar-refractivity contribution in [2.75, 3.05) is 10.0 Å². The summed E-state index contributed by atoms with van der Waals surface area (Å²) in [6.07, 6.45) is 0. The van der Waals surface area contributed by atoms with E-state index in [0.717, 1.165) is 29.5 Å². The van der Waals surface area contributed by atoms with Crippen LogP contribution in [0.3, 0.4) is 0 Å². The second-order valence-electron chi connectivity index (χ2n) is 5.72. The van der Waals surface area contributed by atoms with Crippen LogP contribution in [0.15, 0.2) is 46.1 Å². The molecule has 0 radical (unpaired) electrons. The number of halogens is 4. The molecule has 0 spiro atoms. The van der Waals surface area contributed by atoms with E-state index in [2.05, 4.69) is 15.0 Å². The van der Waals surface area contributed by atoms with Crippen molar-refractivity contribution in [1.82, 2.24) is 4.98 Å². The van der Waals surface area contributed by atoms with E-state index in [4.69, 9.17) is 11.6 Å². The fourth-order valence-corrected chi connectivity index (χ4v) is 4.45. The normalized spacial score (nSPS) is 12.6. The highest BCUT2D eigenvalue weighted by atomic mass is 35.5. The Labute approximate surface area is 168 Å². The van der Waals surface area contributed by atoms with Crippen molar-refractivity contribution in [3.05, 3.63) is 69.3 Å². The lowest BCUT2D eigenvalue weighted by Crippen LogP contribution is -2.16. The quantitative estimate of drug-likeness (QED) is 0.545. The molecule has 1 heterocycles. The molecule has 0 amide bonds. The van der Waals surface area contributed by atoms with Gasteiger partial charge in [-0.25, -0.2) is 26.6 Å². The van der Waals surface area contributed by atoms with Crippen LogP contribution < -0.4 is 10.0 Å². The van der Waals surface area contributed by atoms with Crippen LogP contribution in [0.1, 0.15) is 18.5 Å². The summed E-state index contributed by atoms with van der Waals surface area (Å²) in [5, 5.41) is 3.61. The third kappa shape index (κ3) is 4.08. The molecular formula is C17H13ClF3N3O2S2. The summed E-state index contributed by atoms with van der Waals surface area (Å²) >= 11 is 7.13. The molecule has 2 N–H and O–H groups in total. The van der Waals surface area contributed by atoms with Crippen LogP contribution in [0.25, 0.3) is 0 Å². The van der Waals surface area contributed by atoms with Gasteiger partial charge in [0, 0.05) is 10.9 Å². The highest BCUT2D eigenvalue weighted by Gasteiger charge is 2.25. The lowest BCUT2D eigenvalue weighted by atomic mass is 10.1. The molecule has 1 atom stereocenters. The first-order valence-corrected chi connectivity index (χ1v) is 10.6. The molecule has 0 saturated carbocycles. The molecule has 148 valence electrons. The molecule has 2 aromatic carbocycles. The Morgan fingerprint density at radius 1 is 1.14 bits per heavy atom. The smallest absolute Gasteiger partial charge is 0.266 e. The predicted molar refractivity (Wildman–Crippen MR) is 103 cm³/mol. The SMILES string of the molecule is C[C@H](Nc1ccc(S(=O)(=O)Nc2cscn2)c(F)c1Cl)c1c(F)cccc1F. The molecule has 1 aromatic heterocycles. The number of hydrogen-bond donors (Lipinski definition) is 2. The number of sulfonamides is 1. The highest BCUT2D eigenvalue weighted by Crippen LogP contribution is 2.33. The number of hydrogen-bond acceptors (Lipinski definition) is 5. The van der Waals surface area contributed by atoms with E-state index < -0.39 is 43.4 Å². The van der Waals surface area contributed by atoms with Gasteiger partial charge in [-0.2, -0.15) is 0 Å². The van der Waals surface area contributed by atoms with Gasteiger partial charge >= 0.3 is 0 Å².